The van der Waals surface area contributed by atoms with Crippen LogP contribution in [0.4, 0.5) is 0 Å². The zero-order valence-corrected chi connectivity index (χ0v) is 10.5. The van der Waals surface area contributed by atoms with Crippen LogP contribution in [0.25, 0.3) is 0 Å². The summed E-state index contributed by atoms with van der Waals surface area (Å²) in [5.74, 6) is 2.70. The van der Waals surface area contributed by atoms with Gasteiger partial charge in [0.25, 0.3) is 0 Å². The number of hydrogen-bond donors (Lipinski definition) is 0. The molecule has 5 nitrogen and oxygen atoms in total. The van der Waals surface area contributed by atoms with Crippen molar-refractivity contribution in [3.63, 3.8) is 0 Å². The van der Waals surface area contributed by atoms with Gasteiger partial charge in [-0.2, -0.15) is 4.98 Å². The minimum absolute atomic E-state index is 0.242. The molecule has 0 spiro atoms. The Bertz CT molecular complexity index is 637. The molecule has 0 N–H and O–H groups in total. The number of para-hydroxylation sites is 1. The molecule has 0 saturated heterocycles. The van der Waals surface area contributed by atoms with Gasteiger partial charge in [-0.15, -0.1) is 0 Å². The molecule has 0 unspecified atom stereocenters. The molecule has 3 aromatic rings. The van der Waals surface area contributed by atoms with Crippen LogP contribution in [0.3, 0.4) is 0 Å². The van der Waals surface area contributed by atoms with Crippen LogP contribution in [0.1, 0.15) is 5.82 Å². The van der Waals surface area contributed by atoms with Gasteiger partial charge in [0, 0.05) is 0 Å². The van der Waals surface area contributed by atoms with Gasteiger partial charge in [-0.1, -0.05) is 23.4 Å². The van der Waals surface area contributed by atoms with E-state index in [1.54, 1.807) is 0 Å². The van der Waals surface area contributed by atoms with E-state index in [-0.39, 0.29) is 6.61 Å². The van der Waals surface area contributed by atoms with E-state index in [0.29, 0.717) is 11.6 Å². The van der Waals surface area contributed by atoms with Gasteiger partial charge in [-0.3, -0.25) is 0 Å². The van der Waals surface area contributed by atoms with E-state index in [1.165, 1.54) is 0 Å². The van der Waals surface area contributed by atoms with Gasteiger partial charge in [-0.05, 0) is 36.4 Å². The standard InChI is InChI=1S/C15H11N2O3/c1-2-4-13(5-3-1)20-14-8-6-12(7-9-14)18-10-15-16-11-19-17-15/h1-9H,10H2. The molecule has 0 atom stereocenters. The quantitative estimate of drug-likeness (QED) is 0.710. The Morgan fingerprint density at radius 1 is 0.900 bits per heavy atom. The topological polar surface area (TPSA) is 57.4 Å². The maximum absolute atomic E-state index is 5.68. The van der Waals surface area contributed by atoms with Crippen LogP contribution in [0.15, 0.2) is 59.1 Å². The first-order chi connectivity index (χ1) is 9.90. The summed E-state index contributed by atoms with van der Waals surface area (Å²) in [4.78, 5) is 3.75. The largest absolute Gasteiger partial charge is 0.485 e. The number of benzene rings is 2. The van der Waals surface area contributed by atoms with Gasteiger partial charge in [0.2, 0.25) is 5.82 Å². The summed E-state index contributed by atoms with van der Waals surface area (Å²) in [5.41, 5.74) is 0. The highest BCUT2D eigenvalue weighted by atomic mass is 16.5. The lowest BCUT2D eigenvalue weighted by molar-refractivity contribution is 0.286. The van der Waals surface area contributed by atoms with E-state index in [0.717, 1.165) is 11.5 Å². The molecule has 1 heterocycles. The smallest absolute Gasteiger partial charge is 0.316 e. The SMILES string of the molecule is [c]1nc(COc2ccc(Oc3ccccc3)cc2)no1. The summed E-state index contributed by atoms with van der Waals surface area (Å²) >= 11 is 0. The highest BCUT2D eigenvalue weighted by Gasteiger charge is 2.01. The van der Waals surface area contributed by atoms with Crippen molar-refractivity contribution in [2.45, 2.75) is 6.61 Å². The summed E-state index contributed by atoms with van der Waals surface area (Å²) in [5, 5.41) is 3.61. The molecule has 0 saturated carbocycles. The van der Waals surface area contributed by atoms with E-state index in [4.69, 9.17) is 9.47 Å². The van der Waals surface area contributed by atoms with Crippen molar-refractivity contribution in [2.75, 3.05) is 0 Å². The van der Waals surface area contributed by atoms with Crippen molar-refractivity contribution in [2.24, 2.45) is 0 Å². The molecular formula is C15H11N2O3. The van der Waals surface area contributed by atoms with Gasteiger partial charge in [0.1, 0.15) is 17.2 Å². The monoisotopic (exact) mass is 267 g/mol. The number of aromatic nitrogens is 2. The Morgan fingerprint density at radius 3 is 2.30 bits per heavy atom. The second kappa shape index (κ2) is 5.88. The van der Waals surface area contributed by atoms with Crippen molar-refractivity contribution >= 4 is 0 Å². The van der Waals surface area contributed by atoms with Gasteiger partial charge >= 0.3 is 6.39 Å². The van der Waals surface area contributed by atoms with Crippen LogP contribution in [0.5, 0.6) is 17.2 Å². The molecule has 0 aliphatic heterocycles. The van der Waals surface area contributed by atoms with Crippen LogP contribution < -0.4 is 9.47 Å². The maximum atomic E-state index is 5.68. The molecule has 99 valence electrons. The van der Waals surface area contributed by atoms with E-state index in [1.807, 2.05) is 54.6 Å². The predicted molar refractivity (Wildman–Crippen MR) is 70.4 cm³/mol. The first-order valence-electron chi connectivity index (χ1n) is 6.04. The molecule has 1 aromatic heterocycles. The molecule has 0 bridgehead atoms. The third-order valence-corrected chi connectivity index (χ3v) is 2.54. The van der Waals surface area contributed by atoms with E-state index < -0.39 is 0 Å². The highest BCUT2D eigenvalue weighted by Crippen LogP contribution is 2.23. The molecule has 5 heteroatoms. The van der Waals surface area contributed by atoms with Crippen molar-refractivity contribution in [3.8, 4) is 17.2 Å². The minimum atomic E-state index is 0.242. The normalized spacial score (nSPS) is 10.2. The summed E-state index contributed by atoms with van der Waals surface area (Å²) in [6.45, 7) is 0.242. The molecule has 0 aliphatic carbocycles. The fraction of sp³-hybridized carbons (Fsp3) is 0.0667. The molecule has 3 rings (SSSR count). The molecule has 0 amide bonds. The number of rotatable bonds is 5. The van der Waals surface area contributed by atoms with Crippen LogP contribution in [0.2, 0.25) is 0 Å². The van der Waals surface area contributed by atoms with Gasteiger partial charge in [-0.25, -0.2) is 0 Å². The second-order valence-corrected chi connectivity index (χ2v) is 3.98. The summed E-state index contributed by atoms with van der Waals surface area (Å²) < 4.78 is 15.7. The Labute approximate surface area is 115 Å². The van der Waals surface area contributed by atoms with E-state index >= 15 is 0 Å². The van der Waals surface area contributed by atoms with Crippen LogP contribution in [0, 0.1) is 6.39 Å². The maximum Gasteiger partial charge on any atom is 0.316 e. The lowest BCUT2D eigenvalue weighted by atomic mass is 10.3. The van der Waals surface area contributed by atoms with Crippen LogP contribution in [-0.4, -0.2) is 10.1 Å². The number of hydrogen-bond acceptors (Lipinski definition) is 5. The summed E-state index contributed by atoms with van der Waals surface area (Å²) in [7, 11) is 0. The van der Waals surface area contributed by atoms with Crippen molar-refractivity contribution in [1.82, 2.24) is 10.1 Å². The number of ether oxygens (including phenoxy) is 2. The molecule has 20 heavy (non-hydrogen) atoms. The molecule has 1 radical (unpaired) electrons. The zero-order chi connectivity index (χ0) is 13.6. The first kappa shape index (κ1) is 12.2. The average molecular weight is 267 g/mol. The predicted octanol–water partition coefficient (Wildman–Crippen LogP) is 3.24. The van der Waals surface area contributed by atoms with Gasteiger partial charge in [0.05, 0.1) is 0 Å². The fourth-order valence-electron chi connectivity index (χ4n) is 1.60. The average Bonchev–Trinajstić information content (AvgIpc) is 3.01. The lowest BCUT2D eigenvalue weighted by Crippen LogP contribution is -1.97. The van der Waals surface area contributed by atoms with Gasteiger partial charge < -0.3 is 14.0 Å². The van der Waals surface area contributed by atoms with Crippen LogP contribution in [-0.2, 0) is 6.61 Å². The number of nitrogens with zero attached hydrogens (tertiary/aromatic N) is 2. The Hall–Kier alpha value is -2.82. The third-order valence-electron chi connectivity index (χ3n) is 2.54. The lowest BCUT2D eigenvalue weighted by Gasteiger charge is -2.07. The molecular weight excluding hydrogens is 256 g/mol. The zero-order valence-electron chi connectivity index (χ0n) is 10.5. The van der Waals surface area contributed by atoms with Crippen molar-refractivity contribution in [3.05, 3.63) is 66.8 Å². The van der Waals surface area contributed by atoms with Crippen LogP contribution >= 0.6 is 0 Å². The molecule has 2 aromatic carbocycles. The summed E-state index contributed by atoms with van der Waals surface area (Å²) in [6, 6.07) is 16.9. The van der Waals surface area contributed by atoms with Gasteiger partial charge in [0.15, 0.2) is 6.61 Å². The third kappa shape index (κ3) is 3.14. The minimum Gasteiger partial charge on any atom is -0.485 e. The Balaban J connectivity index is 1.60. The molecule has 0 aliphatic rings. The van der Waals surface area contributed by atoms with Crippen molar-refractivity contribution < 1.29 is 14.0 Å². The molecule has 0 fully saturated rings. The van der Waals surface area contributed by atoms with Crippen molar-refractivity contribution in [1.29, 1.82) is 0 Å². The Kier molecular flexibility index (Phi) is 3.59. The summed E-state index contributed by atoms with van der Waals surface area (Å²) in [6.07, 6.45) is 2.27. The fourth-order valence-corrected chi connectivity index (χ4v) is 1.60. The Morgan fingerprint density at radius 2 is 1.60 bits per heavy atom. The van der Waals surface area contributed by atoms with E-state index in [2.05, 4.69) is 21.1 Å². The highest BCUT2D eigenvalue weighted by molar-refractivity contribution is 5.35. The van der Waals surface area contributed by atoms with E-state index in [9.17, 15) is 0 Å². The second-order valence-electron chi connectivity index (χ2n) is 3.98. The first-order valence-corrected chi connectivity index (χ1v) is 6.04.